The van der Waals surface area contributed by atoms with E-state index < -0.39 is 11.5 Å². The van der Waals surface area contributed by atoms with Gasteiger partial charge in [-0.15, -0.1) is 0 Å². The number of pyridine rings is 1. The highest BCUT2D eigenvalue weighted by molar-refractivity contribution is 7.99. The summed E-state index contributed by atoms with van der Waals surface area (Å²) in [6.45, 7) is 2.56. The summed E-state index contributed by atoms with van der Waals surface area (Å²) < 4.78 is 18.8. The van der Waals surface area contributed by atoms with Gasteiger partial charge in [-0.1, -0.05) is 6.07 Å². The second kappa shape index (κ2) is 6.42. The molecule has 22 heavy (non-hydrogen) atoms. The lowest BCUT2D eigenvalue weighted by atomic mass is 10.0. The number of methoxy groups -OCH3 is 1. The van der Waals surface area contributed by atoms with E-state index in [9.17, 15) is 9.18 Å². The molecule has 5 nitrogen and oxygen atoms in total. The zero-order valence-electron chi connectivity index (χ0n) is 12.6. The molecule has 0 saturated carbocycles. The van der Waals surface area contributed by atoms with Crippen LogP contribution in [0, 0.1) is 5.95 Å². The van der Waals surface area contributed by atoms with Crippen LogP contribution < -0.4 is 4.90 Å². The standard InChI is InChI=1S/C15H20FN3O2S/c1-21-15(5-10-22-11-15)14(20)19-8-6-18(7-9-19)13-4-2-3-12(16)17-13/h2-4H,5-11H2,1H3. The zero-order chi connectivity index (χ0) is 15.6. The topological polar surface area (TPSA) is 45.7 Å². The van der Waals surface area contributed by atoms with Crippen molar-refractivity contribution < 1.29 is 13.9 Å². The number of carbonyl (C=O) groups is 1. The minimum absolute atomic E-state index is 0.0897. The molecule has 7 heteroatoms. The number of anilines is 1. The Bertz CT molecular complexity index is 543. The number of rotatable bonds is 3. The molecule has 1 amide bonds. The van der Waals surface area contributed by atoms with Gasteiger partial charge in [-0.05, 0) is 24.3 Å². The van der Waals surface area contributed by atoms with E-state index in [-0.39, 0.29) is 5.91 Å². The van der Waals surface area contributed by atoms with E-state index in [2.05, 4.69) is 4.98 Å². The van der Waals surface area contributed by atoms with E-state index in [1.807, 2.05) is 9.80 Å². The van der Waals surface area contributed by atoms with Crippen molar-refractivity contribution in [2.45, 2.75) is 12.0 Å². The third-order valence-electron chi connectivity index (χ3n) is 4.36. The quantitative estimate of drug-likeness (QED) is 0.786. The van der Waals surface area contributed by atoms with Crippen LogP contribution >= 0.6 is 11.8 Å². The van der Waals surface area contributed by atoms with Crippen molar-refractivity contribution in [2.24, 2.45) is 0 Å². The van der Waals surface area contributed by atoms with Crippen LogP contribution in [0.3, 0.4) is 0 Å². The first kappa shape index (κ1) is 15.6. The van der Waals surface area contributed by atoms with Crippen molar-refractivity contribution >= 4 is 23.5 Å². The van der Waals surface area contributed by atoms with E-state index >= 15 is 0 Å². The molecule has 0 bridgehead atoms. The van der Waals surface area contributed by atoms with Crippen LogP contribution in [-0.4, -0.2) is 66.2 Å². The molecule has 0 spiro atoms. The van der Waals surface area contributed by atoms with Gasteiger partial charge in [0.2, 0.25) is 5.95 Å². The Morgan fingerprint density at radius 1 is 1.36 bits per heavy atom. The molecule has 2 fully saturated rings. The second-order valence-corrected chi connectivity index (χ2v) is 6.70. The molecule has 2 saturated heterocycles. The fourth-order valence-corrected chi connectivity index (χ4v) is 4.30. The van der Waals surface area contributed by atoms with Crippen molar-refractivity contribution in [3.05, 3.63) is 24.1 Å². The lowest BCUT2D eigenvalue weighted by Crippen LogP contribution is -2.56. The highest BCUT2D eigenvalue weighted by atomic mass is 32.2. The third-order valence-corrected chi connectivity index (χ3v) is 5.52. The number of hydrogen-bond donors (Lipinski definition) is 0. The summed E-state index contributed by atoms with van der Waals surface area (Å²) in [7, 11) is 1.62. The number of ether oxygens (including phenoxy) is 1. The summed E-state index contributed by atoms with van der Waals surface area (Å²) in [5.41, 5.74) is -0.649. The summed E-state index contributed by atoms with van der Waals surface area (Å²) >= 11 is 1.76. The molecule has 1 unspecified atom stereocenters. The fraction of sp³-hybridized carbons (Fsp3) is 0.600. The minimum Gasteiger partial charge on any atom is -0.367 e. The Labute approximate surface area is 133 Å². The predicted octanol–water partition coefficient (Wildman–Crippen LogP) is 1.39. The molecule has 1 aromatic heterocycles. The van der Waals surface area contributed by atoms with E-state index in [0.29, 0.717) is 32.0 Å². The highest BCUT2D eigenvalue weighted by Gasteiger charge is 2.44. The molecule has 0 aromatic carbocycles. The molecule has 3 heterocycles. The van der Waals surface area contributed by atoms with Gasteiger partial charge < -0.3 is 14.5 Å². The third kappa shape index (κ3) is 2.92. The smallest absolute Gasteiger partial charge is 0.255 e. The first-order chi connectivity index (χ1) is 10.6. The normalized spacial score (nSPS) is 25.5. The van der Waals surface area contributed by atoms with Crippen molar-refractivity contribution in [2.75, 3.05) is 49.7 Å². The summed E-state index contributed by atoms with van der Waals surface area (Å²) in [6, 6.07) is 4.79. The number of carbonyl (C=O) groups excluding carboxylic acids is 1. The number of amides is 1. The van der Waals surface area contributed by atoms with Crippen LogP contribution in [0.25, 0.3) is 0 Å². The maximum atomic E-state index is 13.2. The summed E-state index contributed by atoms with van der Waals surface area (Å²) in [5.74, 6) is 1.94. The van der Waals surface area contributed by atoms with Gasteiger partial charge in [0.05, 0.1) is 0 Å². The molecule has 2 aliphatic rings. The monoisotopic (exact) mass is 325 g/mol. The largest absolute Gasteiger partial charge is 0.367 e. The molecule has 1 aromatic rings. The maximum absolute atomic E-state index is 13.2. The maximum Gasteiger partial charge on any atom is 0.255 e. The van der Waals surface area contributed by atoms with Crippen LogP contribution in [0.2, 0.25) is 0 Å². The van der Waals surface area contributed by atoms with Gasteiger partial charge >= 0.3 is 0 Å². The van der Waals surface area contributed by atoms with Crippen molar-refractivity contribution in [1.82, 2.24) is 9.88 Å². The molecule has 0 aliphatic carbocycles. The molecular weight excluding hydrogens is 305 g/mol. The molecule has 0 radical (unpaired) electrons. The van der Waals surface area contributed by atoms with E-state index in [4.69, 9.17) is 4.74 Å². The van der Waals surface area contributed by atoms with Crippen LogP contribution in [0.15, 0.2) is 18.2 Å². The van der Waals surface area contributed by atoms with Gasteiger partial charge in [0.1, 0.15) is 5.82 Å². The second-order valence-electron chi connectivity index (χ2n) is 5.60. The van der Waals surface area contributed by atoms with Crippen molar-refractivity contribution in [3.63, 3.8) is 0 Å². The Balaban J connectivity index is 1.63. The molecule has 120 valence electrons. The number of aromatic nitrogens is 1. The Hall–Kier alpha value is -1.34. The zero-order valence-corrected chi connectivity index (χ0v) is 13.4. The van der Waals surface area contributed by atoms with Gasteiger partial charge in [0.15, 0.2) is 5.60 Å². The van der Waals surface area contributed by atoms with Gasteiger partial charge in [-0.3, -0.25) is 4.79 Å². The average molecular weight is 325 g/mol. The summed E-state index contributed by atoms with van der Waals surface area (Å²) in [4.78, 5) is 20.5. The molecular formula is C15H20FN3O2S. The number of hydrogen-bond acceptors (Lipinski definition) is 5. The van der Waals surface area contributed by atoms with Crippen molar-refractivity contribution in [3.8, 4) is 0 Å². The highest BCUT2D eigenvalue weighted by Crippen LogP contribution is 2.33. The van der Waals surface area contributed by atoms with Crippen LogP contribution in [-0.2, 0) is 9.53 Å². The van der Waals surface area contributed by atoms with Crippen molar-refractivity contribution in [1.29, 1.82) is 0 Å². The molecule has 3 rings (SSSR count). The van der Waals surface area contributed by atoms with E-state index in [1.54, 1.807) is 31.0 Å². The summed E-state index contributed by atoms with van der Waals surface area (Å²) in [6.07, 6.45) is 0.776. The Morgan fingerprint density at radius 3 is 2.73 bits per heavy atom. The first-order valence-electron chi connectivity index (χ1n) is 7.44. The van der Waals surface area contributed by atoms with E-state index in [1.165, 1.54) is 6.07 Å². The minimum atomic E-state index is -0.649. The number of thioether (sulfide) groups is 1. The molecule has 2 aliphatic heterocycles. The van der Waals surface area contributed by atoms with Gasteiger partial charge in [0, 0.05) is 39.0 Å². The van der Waals surface area contributed by atoms with Crippen LogP contribution in [0.4, 0.5) is 10.2 Å². The van der Waals surface area contributed by atoms with Crippen LogP contribution in [0.5, 0.6) is 0 Å². The predicted molar refractivity (Wildman–Crippen MR) is 84.7 cm³/mol. The Morgan fingerprint density at radius 2 is 2.14 bits per heavy atom. The van der Waals surface area contributed by atoms with Gasteiger partial charge in [0.25, 0.3) is 5.91 Å². The molecule has 1 atom stereocenters. The summed E-state index contributed by atoms with van der Waals surface area (Å²) in [5, 5.41) is 0. The number of halogens is 1. The van der Waals surface area contributed by atoms with Gasteiger partial charge in [-0.2, -0.15) is 16.2 Å². The first-order valence-corrected chi connectivity index (χ1v) is 8.60. The van der Waals surface area contributed by atoms with Crippen LogP contribution in [0.1, 0.15) is 6.42 Å². The Kier molecular flexibility index (Phi) is 4.54. The van der Waals surface area contributed by atoms with Gasteiger partial charge in [-0.25, -0.2) is 4.98 Å². The average Bonchev–Trinajstić information content (AvgIpc) is 3.04. The lowest BCUT2D eigenvalue weighted by molar-refractivity contribution is -0.152. The lowest BCUT2D eigenvalue weighted by Gasteiger charge is -2.39. The fourth-order valence-electron chi connectivity index (χ4n) is 2.96. The number of piperazine rings is 1. The SMILES string of the molecule is COC1(C(=O)N2CCN(c3cccc(F)n3)CC2)CCSC1. The van der Waals surface area contributed by atoms with E-state index in [0.717, 1.165) is 17.9 Å². The molecule has 0 N–H and O–H groups in total. The number of nitrogens with zero attached hydrogens (tertiary/aromatic N) is 3.